The first kappa shape index (κ1) is 13.1. The van der Waals surface area contributed by atoms with Crippen LogP contribution < -0.4 is 0 Å². The molecule has 2 saturated heterocycles. The fourth-order valence-corrected chi connectivity index (χ4v) is 6.29. The molecule has 1 aromatic rings. The van der Waals surface area contributed by atoms with E-state index in [0.717, 1.165) is 16.7 Å². The zero-order valence-electron chi connectivity index (χ0n) is 11.4. The molecule has 2 heterocycles. The van der Waals surface area contributed by atoms with Gasteiger partial charge >= 0.3 is 0 Å². The quantitative estimate of drug-likeness (QED) is 0.858. The minimum Gasteiger partial charge on any atom is -0.385 e. The highest BCUT2D eigenvalue weighted by molar-refractivity contribution is 7.93. The van der Waals surface area contributed by atoms with Gasteiger partial charge in [0.15, 0.2) is 9.84 Å². The molecule has 104 valence electrons. The Hall–Kier alpha value is -0.870. The van der Waals surface area contributed by atoms with Gasteiger partial charge in [0.1, 0.15) is 0 Å². The van der Waals surface area contributed by atoms with Crippen molar-refractivity contribution in [2.24, 2.45) is 0 Å². The van der Waals surface area contributed by atoms with Gasteiger partial charge in [-0.25, -0.2) is 8.42 Å². The Balaban J connectivity index is 2.02. The van der Waals surface area contributed by atoms with Crippen LogP contribution in [0.25, 0.3) is 0 Å². The monoisotopic (exact) mass is 280 g/mol. The molecule has 3 nitrogen and oxygen atoms in total. The minimum absolute atomic E-state index is 0.350. The lowest BCUT2D eigenvalue weighted by Gasteiger charge is -2.37. The maximum absolute atomic E-state index is 12.1. The third-order valence-electron chi connectivity index (χ3n) is 4.75. The second-order valence-electron chi connectivity index (χ2n) is 6.17. The number of aliphatic hydroxyl groups is 1. The average molecular weight is 280 g/mol. The van der Waals surface area contributed by atoms with Crippen molar-refractivity contribution in [3.8, 4) is 0 Å². The molecule has 2 unspecified atom stereocenters. The molecule has 0 saturated carbocycles. The van der Waals surface area contributed by atoms with E-state index in [2.05, 4.69) is 6.07 Å². The van der Waals surface area contributed by atoms with Gasteiger partial charge in [-0.15, -0.1) is 0 Å². The lowest BCUT2D eigenvalue weighted by atomic mass is 9.83. The molecule has 19 heavy (non-hydrogen) atoms. The first-order valence-corrected chi connectivity index (χ1v) is 8.47. The van der Waals surface area contributed by atoms with E-state index in [0.29, 0.717) is 25.7 Å². The van der Waals surface area contributed by atoms with Gasteiger partial charge in [-0.05, 0) is 50.7 Å². The van der Waals surface area contributed by atoms with Crippen molar-refractivity contribution in [3.05, 3.63) is 34.9 Å². The summed E-state index contributed by atoms with van der Waals surface area (Å²) in [5.74, 6) is 0. The smallest absolute Gasteiger partial charge is 0.156 e. The Kier molecular flexibility index (Phi) is 2.81. The van der Waals surface area contributed by atoms with E-state index < -0.39 is 15.4 Å². The summed E-state index contributed by atoms with van der Waals surface area (Å²) >= 11 is 0. The molecule has 2 aliphatic heterocycles. The lowest BCUT2D eigenvalue weighted by molar-refractivity contribution is 0.0167. The fourth-order valence-electron chi connectivity index (χ4n) is 3.80. The summed E-state index contributed by atoms with van der Waals surface area (Å²) < 4.78 is 24.2. The molecule has 0 spiro atoms. The Bertz CT molecular complexity index is 598. The maximum atomic E-state index is 12.1. The van der Waals surface area contributed by atoms with Crippen LogP contribution in [-0.4, -0.2) is 24.0 Å². The van der Waals surface area contributed by atoms with Crippen LogP contribution in [0.5, 0.6) is 0 Å². The number of hydrogen-bond donors (Lipinski definition) is 1. The first-order valence-electron chi connectivity index (χ1n) is 6.86. The van der Waals surface area contributed by atoms with Gasteiger partial charge in [0.2, 0.25) is 0 Å². The first-order chi connectivity index (χ1) is 8.83. The Morgan fingerprint density at radius 1 is 1.16 bits per heavy atom. The predicted octanol–water partition coefficient (Wildman–Crippen LogP) is 2.23. The molecular weight excluding hydrogens is 260 g/mol. The van der Waals surface area contributed by atoms with Crippen LogP contribution in [0.2, 0.25) is 0 Å². The van der Waals surface area contributed by atoms with Crippen LogP contribution in [0.1, 0.15) is 42.4 Å². The molecule has 2 fully saturated rings. The Morgan fingerprint density at radius 2 is 1.74 bits per heavy atom. The average Bonchev–Trinajstić information content (AvgIpc) is 2.50. The summed E-state index contributed by atoms with van der Waals surface area (Å²) in [6.45, 7) is 4.02. The van der Waals surface area contributed by atoms with E-state index in [1.807, 2.05) is 26.0 Å². The van der Waals surface area contributed by atoms with Crippen LogP contribution in [-0.2, 0) is 15.4 Å². The van der Waals surface area contributed by atoms with Gasteiger partial charge in [0, 0.05) is 0 Å². The summed E-state index contributed by atoms with van der Waals surface area (Å²) in [6.07, 6.45) is 2.13. The Morgan fingerprint density at radius 3 is 2.26 bits per heavy atom. The third-order valence-corrected chi connectivity index (χ3v) is 7.42. The summed E-state index contributed by atoms with van der Waals surface area (Å²) in [5, 5.41) is 10.3. The van der Waals surface area contributed by atoms with Crippen LogP contribution in [0.4, 0.5) is 0 Å². The molecule has 2 atom stereocenters. The van der Waals surface area contributed by atoms with Gasteiger partial charge in [0.25, 0.3) is 0 Å². The van der Waals surface area contributed by atoms with Gasteiger partial charge in [-0.1, -0.05) is 23.8 Å². The van der Waals surface area contributed by atoms with Crippen LogP contribution in [0, 0.1) is 13.8 Å². The number of aryl methyl sites for hydroxylation is 2. The van der Waals surface area contributed by atoms with E-state index in [1.54, 1.807) is 0 Å². The zero-order valence-corrected chi connectivity index (χ0v) is 12.2. The van der Waals surface area contributed by atoms with E-state index in [-0.39, 0.29) is 10.5 Å². The van der Waals surface area contributed by atoms with Crippen LogP contribution >= 0.6 is 0 Å². The predicted molar refractivity (Wildman–Crippen MR) is 74.8 cm³/mol. The molecule has 0 aliphatic carbocycles. The van der Waals surface area contributed by atoms with Gasteiger partial charge in [-0.3, -0.25) is 0 Å². The largest absolute Gasteiger partial charge is 0.385 e. The third kappa shape index (κ3) is 1.93. The molecule has 2 aliphatic rings. The molecule has 0 aromatic heterocycles. The zero-order chi connectivity index (χ0) is 13.8. The summed E-state index contributed by atoms with van der Waals surface area (Å²) in [6, 6.07) is 6.01. The highest BCUT2D eigenvalue weighted by atomic mass is 32.2. The normalized spacial score (nSPS) is 36.4. The number of fused-ring (bicyclic) bond motifs is 2. The summed E-state index contributed by atoms with van der Waals surface area (Å²) in [4.78, 5) is 0. The molecule has 2 bridgehead atoms. The van der Waals surface area contributed by atoms with E-state index in [9.17, 15) is 13.5 Å². The number of hydrogen-bond acceptors (Lipinski definition) is 3. The van der Waals surface area contributed by atoms with Crippen molar-refractivity contribution in [1.29, 1.82) is 0 Å². The molecular formula is C15H20O3S. The second kappa shape index (κ2) is 4.06. The van der Waals surface area contributed by atoms with E-state index >= 15 is 0 Å². The molecule has 4 heteroatoms. The SMILES string of the molecule is Cc1ccc(C2(O)CC3CCC(C2)S3(=O)=O)c(C)c1. The molecule has 3 rings (SSSR count). The van der Waals surface area contributed by atoms with Gasteiger partial charge in [0.05, 0.1) is 16.1 Å². The van der Waals surface area contributed by atoms with Crippen molar-refractivity contribution in [1.82, 2.24) is 0 Å². The highest BCUT2D eigenvalue weighted by Gasteiger charge is 2.53. The molecule has 0 radical (unpaired) electrons. The van der Waals surface area contributed by atoms with Crippen molar-refractivity contribution in [2.75, 3.05) is 0 Å². The standard InChI is InChI=1S/C15H20O3S/c1-10-3-6-14(11(2)7-10)15(16)8-12-4-5-13(9-15)19(12,17)18/h3,6-7,12-13,16H,4-5,8-9H2,1-2H3. The van der Waals surface area contributed by atoms with E-state index in [4.69, 9.17) is 0 Å². The topological polar surface area (TPSA) is 54.4 Å². The highest BCUT2D eigenvalue weighted by Crippen LogP contribution is 2.48. The number of sulfone groups is 1. The Labute approximate surface area is 114 Å². The second-order valence-corrected chi connectivity index (χ2v) is 8.68. The minimum atomic E-state index is -2.99. The van der Waals surface area contributed by atoms with E-state index in [1.165, 1.54) is 0 Å². The van der Waals surface area contributed by atoms with Gasteiger partial charge < -0.3 is 5.11 Å². The number of benzene rings is 1. The van der Waals surface area contributed by atoms with Gasteiger partial charge in [-0.2, -0.15) is 0 Å². The maximum Gasteiger partial charge on any atom is 0.156 e. The molecule has 1 N–H and O–H groups in total. The molecule has 1 aromatic carbocycles. The number of rotatable bonds is 1. The lowest BCUT2D eigenvalue weighted by Crippen LogP contribution is -2.43. The van der Waals surface area contributed by atoms with Crippen molar-refractivity contribution in [2.45, 2.75) is 55.6 Å². The summed E-state index contributed by atoms with van der Waals surface area (Å²) in [5.41, 5.74) is 2.16. The van der Waals surface area contributed by atoms with Crippen LogP contribution in [0.15, 0.2) is 18.2 Å². The summed E-state index contributed by atoms with van der Waals surface area (Å²) in [7, 11) is -2.99. The van der Waals surface area contributed by atoms with Crippen molar-refractivity contribution >= 4 is 9.84 Å². The van der Waals surface area contributed by atoms with Crippen LogP contribution in [0.3, 0.4) is 0 Å². The fraction of sp³-hybridized carbons (Fsp3) is 0.600. The van der Waals surface area contributed by atoms with Crippen molar-refractivity contribution < 1.29 is 13.5 Å². The van der Waals surface area contributed by atoms with Crippen molar-refractivity contribution in [3.63, 3.8) is 0 Å². The molecule has 0 amide bonds.